The second-order valence-electron chi connectivity index (χ2n) is 3.58. The number of carbonyl (C=O) groups excluding carboxylic acids is 1. The van der Waals surface area contributed by atoms with Gasteiger partial charge in [0.25, 0.3) is 5.91 Å². The summed E-state index contributed by atoms with van der Waals surface area (Å²) in [6.45, 7) is 0.704. The zero-order valence-corrected chi connectivity index (χ0v) is 11.9. The van der Waals surface area contributed by atoms with E-state index in [0.717, 1.165) is 0 Å². The summed E-state index contributed by atoms with van der Waals surface area (Å²) in [7, 11) is 1.55. The molecule has 0 saturated carbocycles. The Labute approximate surface area is 118 Å². The Morgan fingerprint density at radius 1 is 1.42 bits per heavy atom. The van der Waals surface area contributed by atoms with Crippen molar-refractivity contribution >= 4 is 27.8 Å². The standard InChI is InChI=1S/C12H14BrNO5/c1-18-5-4-14-11(15)7-19-10-3-2-8(12(16)17)6-9(10)13/h2-3,6H,4-5,7H2,1H3,(H,14,15)(H,16,17). The van der Waals surface area contributed by atoms with E-state index in [0.29, 0.717) is 23.4 Å². The maximum absolute atomic E-state index is 11.4. The lowest BCUT2D eigenvalue weighted by Gasteiger charge is -2.09. The zero-order valence-electron chi connectivity index (χ0n) is 10.3. The number of nitrogens with one attached hydrogen (secondary N) is 1. The number of amides is 1. The molecule has 1 amide bonds. The van der Waals surface area contributed by atoms with Crippen LogP contribution in [0, 0.1) is 0 Å². The maximum atomic E-state index is 11.4. The first kappa shape index (κ1) is 15.5. The molecule has 1 aromatic carbocycles. The molecule has 104 valence electrons. The summed E-state index contributed by atoms with van der Waals surface area (Å²) in [5, 5.41) is 11.4. The van der Waals surface area contributed by atoms with Gasteiger partial charge in [0, 0.05) is 13.7 Å². The quantitative estimate of drug-likeness (QED) is 0.735. The van der Waals surface area contributed by atoms with Gasteiger partial charge in [-0.1, -0.05) is 0 Å². The molecule has 6 nitrogen and oxygen atoms in total. The SMILES string of the molecule is COCCNC(=O)COc1ccc(C(=O)O)cc1Br. The van der Waals surface area contributed by atoms with Gasteiger partial charge in [0.1, 0.15) is 5.75 Å². The molecule has 0 atom stereocenters. The van der Waals surface area contributed by atoms with Gasteiger partial charge in [0.15, 0.2) is 6.61 Å². The Morgan fingerprint density at radius 2 is 2.16 bits per heavy atom. The van der Waals surface area contributed by atoms with Gasteiger partial charge >= 0.3 is 5.97 Å². The third kappa shape index (κ3) is 5.27. The van der Waals surface area contributed by atoms with E-state index in [4.69, 9.17) is 14.6 Å². The molecule has 19 heavy (non-hydrogen) atoms. The smallest absolute Gasteiger partial charge is 0.335 e. The van der Waals surface area contributed by atoms with E-state index in [-0.39, 0.29) is 18.1 Å². The molecule has 0 bridgehead atoms. The Bertz CT molecular complexity index is 463. The highest BCUT2D eigenvalue weighted by molar-refractivity contribution is 9.10. The largest absolute Gasteiger partial charge is 0.483 e. The van der Waals surface area contributed by atoms with Crippen molar-refractivity contribution < 1.29 is 24.2 Å². The van der Waals surface area contributed by atoms with E-state index in [1.54, 1.807) is 7.11 Å². The summed E-state index contributed by atoms with van der Waals surface area (Å²) >= 11 is 3.19. The van der Waals surface area contributed by atoms with Gasteiger partial charge < -0.3 is 19.9 Å². The van der Waals surface area contributed by atoms with Crippen molar-refractivity contribution in [3.05, 3.63) is 28.2 Å². The Hall–Kier alpha value is -1.60. The number of hydrogen-bond donors (Lipinski definition) is 2. The fourth-order valence-corrected chi connectivity index (χ4v) is 1.73. The zero-order chi connectivity index (χ0) is 14.3. The number of carboxylic acid groups (broad SMARTS) is 1. The van der Waals surface area contributed by atoms with E-state index in [1.807, 2.05) is 0 Å². The summed E-state index contributed by atoms with van der Waals surface area (Å²) in [4.78, 5) is 22.1. The molecular weight excluding hydrogens is 318 g/mol. The molecule has 0 fully saturated rings. The molecule has 0 aliphatic heterocycles. The molecule has 1 rings (SSSR count). The number of carboxylic acids is 1. The second kappa shape index (κ2) is 7.75. The third-order valence-electron chi connectivity index (χ3n) is 2.17. The van der Waals surface area contributed by atoms with Crippen LogP contribution in [0.2, 0.25) is 0 Å². The van der Waals surface area contributed by atoms with Gasteiger partial charge in [-0.15, -0.1) is 0 Å². The highest BCUT2D eigenvalue weighted by Gasteiger charge is 2.09. The highest BCUT2D eigenvalue weighted by atomic mass is 79.9. The molecule has 0 aliphatic carbocycles. The molecular formula is C12H14BrNO5. The second-order valence-corrected chi connectivity index (χ2v) is 4.44. The maximum Gasteiger partial charge on any atom is 0.335 e. The van der Waals surface area contributed by atoms with Crippen LogP contribution in [0.5, 0.6) is 5.75 Å². The Balaban J connectivity index is 2.49. The van der Waals surface area contributed by atoms with Crippen LogP contribution in [0.4, 0.5) is 0 Å². The predicted molar refractivity (Wildman–Crippen MR) is 71.5 cm³/mol. The van der Waals surface area contributed by atoms with Crippen LogP contribution in [0.15, 0.2) is 22.7 Å². The summed E-state index contributed by atoms with van der Waals surface area (Å²) in [6, 6.07) is 4.32. The number of benzene rings is 1. The van der Waals surface area contributed by atoms with Gasteiger partial charge in [-0.2, -0.15) is 0 Å². The number of halogens is 1. The van der Waals surface area contributed by atoms with Gasteiger partial charge in [0.05, 0.1) is 16.6 Å². The Morgan fingerprint density at radius 3 is 2.74 bits per heavy atom. The van der Waals surface area contributed by atoms with Gasteiger partial charge in [-0.05, 0) is 34.1 Å². The normalized spacial score (nSPS) is 10.0. The number of hydrogen-bond acceptors (Lipinski definition) is 4. The molecule has 0 aromatic heterocycles. The van der Waals surface area contributed by atoms with Crippen LogP contribution < -0.4 is 10.1 Å². The topological polar surface area (TPSA) is 84.9 Å². The van der Waals surface area contributed by atoms with Gasteiger partial charge in [-0.3, -0.25) is 4.79 Å². The van der Waals surface area contributed by atoms with Gasteiger partial charge in [0.2, 0.25) is 0 Å². The minimum atomic E-state index is -1.02. The van der Waals surface area contributed by atoms with E-state index < -0.39 is 5.97 Å². The highest BCUT2D eigenvalue weighted by Crippen LogP contribution is 2.25. The first-order valence-corrected chi connectivity index (χ1v) is 6.25. The van der Waals surface area contributed by atoms with Crippen LogP contribution >= 0.6 is 15.9 Å². The molecule has 7 heteroatoms. The molecule has 0 unspecified atom stereocenters. The van der Waals surface area contributed by atoms with Crippen LogP contribution in [-0.4, -0.2) is 43.9 Å². The summed E-state index contributed by atoms with van der Waals surface area (Å²) in [5.41, 5.74) is 0.142. The van der Waals surface area contributed by atoms with E-state index in [2.05, 4.69) is 21.2 Å². The molecule has 1 aromatic rings. The van der Waals surface area contributed by atoms with E-state index in [9.17, 15) is 9.59 Å². The fraction of sp³-hybridized carbons (Fsp3) is 0.333. The lowest BCUT2D eigenvalue weighted by molar-refractivity contribution is -0.123. The minimum Gasteiger partial charge on any atom is -0.483 e. The van der Waals surface area contributed by atoms with Crippen LogP contribution in [0.1, 0.15) is 10.4 Å². The van der Waals surface area contributed by atoms with E-state index in [1.165, 1.54) is 18.2 Å². The first-order chi connectivity index (χ1) is 9.04. The van der Waals surface area contributed by atoms with Crippen LogP contribution in [-0.2, 0) is 9.53 Å². The predicted octanol–water partition coefficient (Wildman–Crippen LogP) is 1.29. The summed E-state index contributed by atoms with van der Waals surface area (Å²) in [5.74, 6) is -0.886. The molecule has 0 aliphatic rings. The average molecular weight is 332 g/mol. The van der Waals surface area contributed by atoms with Crippen molar-refractivity contribution in [2.75, 3.05) is 26.9 Å². The van der Waals surface area contributed by atoms with E-state index >= 15 is 0 Å². The minimum absolute atomic E-state index is 0.142. The summed E-state index contributed by atoms with van der Waals surface area (Å²) < 4.78 is 10.5. The number of methoxy groups -OCH3 is 1. The number of ether oxygens (including phenoxy) is 2. The lowest BCUT2D eigenvalue weighted by Crippen LogP contribution is -2.31. The Kier molecular flexibility index (Phi) is 6.31. The van der Waals surface area contributed by atoms with Gasteiger partial charge in [-0.25, -0.2) is 4.79 Å². The van der Waals surface area contributed by atoms with Crippen molar-refractivity contribution in [1.29, 1.82) is 0 Å². The summed E-state index contributed by atoms with van der Waals surface area (Å²) in [6.07, 6.45) is 0. The third-order valence-corrected chi connectivity index (χ3v) is 2.79. The molecule has 0 radical (unpaired) electrons. The van der Waals surface area contributed by atoms with Crippen LogP contribution in [0.3, 0.4) is 0 Å². The average Bonchev–Trinajstić information content (AvgIpc) is 2.37. The van der Waals surface area contributed by atoms with Crippen molar-refractivity contribution in [2.24, 2.45) is 0 Å². The van der Waals surface area contributed by atoms with Crippen molar-refractivity contribution in [2.45, 2.75) is 0 Å². The molecule has 2 N–H and O–H groups in total. The fourth-order valence-electron chi connectivity index (χ4n) is 1.24. The van der Waals surface area contributed by atoms with Crippen molar-refractivity contribution in [1.82, 2.24) is 5.32 Å². The number of carbonyl (C=O) groups is 2. The number of aromatic carboxylic acids is 1. The monoisotopic (exact) mass is 331 g/mol. The van der Waals surface area contributed by atoms with Crippen molar-refractivity contribution in [3.63, 3.8) is 0 Å². The molecule has 0 saturated heterocycles. The van der Waals surface area contributed by atoms with Crippen molar-refractivity contribution in [3.8, 4) is 5.75 Å². The number of rotatable bonds is 7. The van der Waals surface area contributed by atoms with Crippen LogP contribution in [0.25, 0.3) is 0 Å². The first-order valence-electron chi connectivity index (χ1n) is 5.46. The molecule has 0 heterocycles. The molecule has 0 spiro atoms. The lowest BCUT2D eigenvalue weighted by atomic mass is 10.2.